The van der Waals surface area contributed by atoms with Gasteiger partial charge in [-0.2, -0.15) is 0 Å². The van der Waals surface area contributed by atoms with Crippen LogP contribution in [0.1, 0.15) is 53.9 Å². The summed E-state index contributed by atoms with van der Waals surface area (Å²) in [7, 11) is 1.50. The van der Waals surface area contributed by atoms with Crippen molar-refractivity contribution in [3.05, 3.63) is 59.7 Å². The summed E-state index contributed by atoms with van der Waals surface area (Å²) in [6, 6.07) is 12.7. The number of amides is 4. The van der Waals surface area contributed by atoms with E-state index >= 15 is 0 Å². The van der Waals surface area contributed by atoms with E-state index in [1.54, 1.807) is 24.3 Å². The average Bonchev–Trinajstić information content (AvgIpc) is 3.03. The van der Waals surface area contributed by atoms with Gasteiger partial charge in [-0.15, -0.1) is 0 Å². The van der Waals surface area contributed by atoms with E-state index in [-0.39, 0.29) is 11.5 Å². The number of benzene rings is 2. The Morgan fingerprint density at radius 2 is 1.55 bits per heavy atom. The first kappa shape index (κ1) is 20.8. The fraction of sp³-hybridized carbons (Fsp3) is 0.333. The lowest BCUT2D eigenvalue weighted by Gasteiger charge is -2.22. The first-order valence-electron chi connectivity index (χ1n) is 10.5. The molecule has 0 atom stereocenters. The van der Waals surface area contributed by atoms with Crippen molar-refractivity contribution >= 4 is 29.3 Å². The van der Waals surface area contributed by atoms with E-state index in [1.807, 2.05) is 12.1 Å². The van der Waals surface area contributed by atoms with Crippen LogP contribution in [-0.4, -0.2) is 42.2 Å². The number of carbonyl (C=O) groups is 4. The maximum absolute atomic E-state index is 12.7. The first-order chi connectivity index (χ1) is 15.0. The number of hydrogen-bond acceptors (Lipinski definition) is 5. The Morgan fingerprint density at radius 3 is 2.16 bits per heavy atom. The Morgan fingerprint density at radius 1 is 0.903 bits per heavy atom. The summed E-state index contributed by atoms with van der Waals surface area (Å²) in [4.78, 5) is 51.7. The topological polar surface area (TPSA) is 84.0 Å². The van der Waals surface area contributed by atoms with Crippen LogP contribution >= 0.6 is 0 Å². The third-order valence-corrected chi connectivity index (χ3v) is 5.99. The van der Waals surface area contributed by atoms with Gasteiger partial charge in [0.2, 0.25) is 0 Å². The number of anilines is 1. The summed E-state index contributed by atoms with van der Waals surface area (Å²) in [6.07, 6.45) is 6.05. The van der Waals surface area contributed by atoms with Crippen LogP contribution in [0.5, 0.6) is 5.75 Å². The number of carbonyl (C=O) groups excluding carboxylic acids is 4. The number of urea groups is 1. The fourth-order valence-electron chi connectivity index (χ4n) is 4.22. The summed E-state index contributed by atoms with van der Waals surface area (Å²) in [6.45, 7) is -0.473. The van der Waals surface area contributed by atoms with Crippen LogP contribution in [0.15, 0.2) is 48.5 Å². The van der Waals surface area contributed by atoms with Crippen molar-refractivity contribution in [3.63, 3.8) is 0 Å². The molecule has 1 aliphatic carbocycles. The molecule has 2 aromatic rings. The summed E-state index contributed by atoms with van der Waals surface area (Å²) in [5, 5.41) is 0. The van der Waals surface area contributed by atoms with Gasteiger partial charge in [0, 0.05) is 5.56 Å². The minimum absolute atomic E-state index is 0.246. The molecule has 0 aromatic heterocycles. The summed E-state index contributed by atoms with van der Waals surface area (Å²) in [5.74, 6) is -1.29. The minimum atomic E-state index is -1.01. The number of imide groups is 2. The molecule has 31 heavy (non-hydrogen) atoms. The third-order valence-electron chi connectivity index (χ3n) is 5.99. The SMILES string of the molecule is COc1ccc(N2C(=O)C(=O)N(CC(=O)c3ccc(C4CCCCC4)cc3)C2=O)cc1. The zero-order valence-electron chi connectivity index (χ0n) is 17.4. The number of ether oxygens (including phenoxy) is 1. The monoisotopic (exact) mass is 420 g/mol. The molecule has 4 rings (SSSR count). The van der Waals surface area contributed by atoms with Crippen molar-refractivity contribution in [2.75, 3.05) is 18.6 Å². The molecule has 1 saturated heterocycles. The molecular formula is C24H24N2O5. The van der Waals surface area contributed by atoms with Crippen LogP contribution in [0.25, 0.3) is 0 Å². The van der Waals surface area contributed by atoms with Gasteiger partial charge in [0.1, 0.15) is 5.75 Å². The van der Waals surface area contributed by atoms with Gasteiger partial charge >= 0.3 is 17.8 Å². The zero-order chi connectivity index (χ0) is 22.0. The van der Waals surface area contributed by atoms with Crippen molar-refractivity contribution < 1.29 is 23.9 Å². The lowest BCUT2D eigenvalue weighted by Crippen LogP contribution is -2.37. The Labute approximate surface area is 180 Å². The molecule has 0 radical (unpaired) electrons. The van der Waals surface area contributed by atoms with E-state index in [9.17, 15) is 19.2 Å². The smallest absolute Gasteiger partial charge is 0.339 e. The Kier molecular flexibility index (Phi) is 5.84. The first-order valence-corrected chi connectivity index (χ1v) is 10.5. The molecule has 0 N–H and O–H groups in total. The Hall–Kier alpha value is -3.48. The van der Waals surface area contributed by atoms with Crippen LogP contribution in [-0.2, 0) is 9.59 Å². The maximum atomic E-state index is 12.7. The minimum Gasteiger partial charge on any atom is -0.497 e. The lowest BCUT2D eigenvalue weighted by atomic mass is 9.84. The zero-order valence-corrected chi connectivity index (χ0v) is 17.4. The van der Waals surface area contributed by atoms with Crippen molar-refractivity contribution in [2.24, 2.45) is 0 Å². The molecule has 2 aliphatic rings. The van der Waals surface area contributed by atoms with Gasteiger partial charge < -0.3 is 4.74 Å². The number of hydrogen-bond donors (Lipinski definition) is 0. The lowest BCUT2D eigenvalue weighted by molar-refractivity contribution is -0.139. The molecule has 0 bridgehead atoms. The highest BCUT2D eigenvalue weighted by molar-refractivity contribution is 6.53. The second-order valence-corrected chi connectivity index (χ2v) is 7.89. The van der Waals surface area contributed by atoms with Crippen molar-refractivity contribution in [2.45, 2.75) is 38.0 Å². The van der Waals surface area contributed by atoms with Crippen molar-refractivity contribution in [1.29, 1.82) is 0 Å². The second kappa shape index (κ2) is 8.71. The van der Waals surface area contributed by atoms with Gasteiger partial charge in [-0.05, 0) is 48.6 Å². The van der Waals surface area contributed by atoms with E-state index in [0.717, 1.165) is 17.7 Å². The molecule has 160 valence electrons. The molecule has 7 heteroatoms. The molecule has 1 heterocycles. The highest BCUT2D eigenvalue weighted by atomic mass is 16.5. The second-order valence-electron chi connectivity index (χ2n) is 7.89. The van der Waals surface area contributed by atoms with Gasteiger partial charge in [-0.1, -0.05) is 43.5 Å². The third kappa shape index (κ3) is 4.08. The van der Waals surface area contributed by atoms with Crippen molar-refractivity contribution in [1.82, 2.24) is 4.90 Å². The number of methoxy groups -OCH3 is 1. The molecule has 0 spiro atoms. The van der Waals surface area contributed by atoms with Gasteiger partial charge in [0.05, 0.1) is 19.3 Å². The Balaban J connectivity index is 1.46. The number of Topliss-reactive ketones (excluding diaryl/α,β-unsaturated/α-hetero) is 1. The predicted octanol–water partition coefficient (Wildman–Crippen LogP) is 3.92. The van der Waals surface area contributed by atoms with Gasteiger partial charge in [-0.25, -0.2) is 14.6 Å². The number of rotatable bonds is 6. The van der Waals surface area contributed by atoms with E-state index in [1.165, 1.54) is 44.1 Å². The van der Waals surface area contributed by atoms with Gasteiger partial charge in [0.15, 0.2) is 5.78 Å². The summed E-state index contributed by atoms with van der Waals surface area (Å²) >= 11 is 0. The number of ketones is 1. The standard InChI is InChI=1S/C24H24N2O5/c1-31-20-13-11-19(12-14-20)26-23(29)22(28)25(24(26)30)15-21(27)18-9-7-17(8-10-18)16-5-3-2-4-6-16/h7-14,16H,2-6,15H2,1H3. The summed E-state index contributed by atoms with van der Waals surface area (Å²) < 4.78 is 5.07. The Bertz CT molecular complexity index is 1010. The predicted molar refractivity (Wildman–Crippen MR) is 114 cm³/mol. The van der Waals surface area contributed by atoms with Crippen LogP contribution < -0.4 is 9.64 Å². The molecule has 4 amide bonds. The maximum Gasteiger partial charge on any atom is 0.339 e. The molecule has 0 unspecified atom stereocenters. The van der Waals surface area contributed by atoms with Crippen LogP contribution in [0.4, 0.5) is 10.5 Å². The van der Waals surface area contributed by atoms with Crippen molar-refractivity contribution in [3.8, 4) is 5.75 Å². The van der Waals surface area contributed by atoms with E-state index < -0.39 is 24.4 Å². The quantitative estimate of drug-likeness (QED) is 0.402. The highest BCUT2D eigenvalue weighted by Gasteiger charge is 2.46. The van der Waals surface area contributed by atoms with Crippen LogP contribution in [0, 0.1) is 0 Å². The largest absolute Gasteiger partial charge is 0.497 e. The van der Waals surface area contributed by atoms with E-state index in [4.69, 9.17) is 4.74 Å². The molecule has 2 fully saturated rings. The fourth-order valence-corrected chi connectivity index (χ4v) is 4.22. The van der Waals surface area contributed by atoms with Crippen LogP contribution in [0.2, 0.25) is 0 Å². The van der Waals surface area contributed by atoms with E-state index in [2.05, 4.69) is 0 Å². The molecule has 2 aromatic carbocycles. The normalized spacial score (nSPS) is 17.4. The van der Waals surface area contributed by atoms with Gasteiger partial charge in [-0.3, -0.25) is 14.4 Å². The molecule has 1 saturated carbocycles. The van der Waals surface area contributed by atoms with Gasteiger partial charge in [0.25, 0.3) is 0 Å². The number of nitrogens with zero attached hydrogens (tertiary/aromatic N) is 2. The van der Waals surface area contributed by atoms with Crippen LogP contribution in [0.3, 0.4) is 0 Å². The molecule has 7 nitrogen and oxygen atoms in total. The van der Waals surface area contributed by atoms with E-state index in [0.29, 0.717) is 22.1 Å². The highest BCUT2D eigenvalue weighted by Crippen LogP contribution is 2.32. The summed E-state index contributed by atoms with van der Waals surface area (Å²) in [5.41, 5.74) is 1.87. The molecular weight excluding hydrogens is 396 g/mol. The molecule has 1 aliphatic heterocycles. The average molecular weight is 420 g/mol.